The lowest BCUT2D eigenvalue weighted by atomic mass is 9.81. The summed E-state index contributed by atoms with van der Waals surface area (Å²) in [6, 6.07) is 1.08. The van der Waals surface area contributed by atoms with Gasteiger partial charge in [0.15, 0.2) is 0 Å². The van der Waals surface area contributed by atoms with E-state index in [1.165, 1.54) is 12.8 Å². The molecule has 1 saturated carbocycles. The number of amides is 1. The van der Waals surface area contributed by atoms with Crippen molar-refractivity contribution in [2.45, 2.75) is 38.3 Å². The van der Waals surface area contributed by atoms with Gasteiger partial charge in [-0.1, -0.05) is 6.92 Å². The average Bonchev–Trinajstić information content (AvgIpc) is 2.33. The van der Waals surface area contributed by atoms with E-state index in [1.807, 2.05) is 0 Å². The molecule has 0 spiro atoms. The number of carbonyl (C=O) groups is 1. The molecule has 1 atom stereocenters. The van der Waals surface area contributed by atoms with Gasteiger partial charge in [-0.15, -0.1) is 0 Å². The van der Waals surface area contributed by atoms with Gasteiger partial charge < -0.3 is 10.6 Å². The van der Waals surface area contributed by atoms with E-state index in [4.69, 9.17) is 0 Å². The Bertz CT molecular complexity index is 187. The quantitative estimate of drug-likeness (QED) is 0.621. The van der Waals surface area contributed by atoms with Crippen LogP contribution in [0.4, 0.5) is 0 Å². The van der Waals surface area contributed by atoms with Crippen LogP contribution in [-0.4, -0.2) is 24.5 Å². The predicted molar refractivity (Wildman–Crippen MR) is 46.7 cm³/mol. The summed E-state index contributed by atoms with van der Waals surface area (Å²) in [6.07, 6.45) is 3.24. The maximum atomic E-state index is 10.9. The molecule has 1 saturated heterocycles. The van der Waals surface area contributed by atoms with Crippen LogP contribution in [0.25, 0.3) is 0 Å². The minimum atomic E-state index is 0.194. The Morgan fingerprint density at radius 3 is 2.67 bits per heavy atom. The monoisotopic (exact) mass is 168 g/mol. The Kier molecular flexibility index (Phi) is 2.05. The highest BCUT2D eigenvalue weighted by Gasteiger charge is 2.30. The Hall–Kier alpha value is -0.570. The molecule has 2 fully saturated rings. The minimum absolute atomic E-state index is 0.194. The highest BCUT2D eigenvalue weighted by atomic mass is 16.1. The number of carbonyl (C=O) groups excluding carboxylic acids is 1. The Balaban J connectivity index is 1.70. The first-order valence-corrected chi connectivity index (χ1v) is 4.77. The molecule has 2 N–H and O–H groups in total. The SMILES string of the molecule is CC1CC(NC2CNC(=O)C2)C1. The molecule has 1 unspecified atom stereocenters. The van der Waals surface area contributed by atoms with Gasteiger partial charge >= 0.3 is 0 Å². The van der Waals surface area contributed by atoms with Gasteiger partial charge in [0, 0.05) is 25.0 Å². The van der Waals surface area contributed by atoms with Crippen molar-refractivity contribution in [3.8, 4) is 0 Å². The molecule has 0 bridgehead atoms. The van der Waals surface area contributed by atoms with Gasteiger partial charge in [-0.05, 0) is 18.8 Å². The van der Waals surface area contributed by atoms with Crippen LogP contribution in [0.3, 0.4) is 0 Å². The lowest BCUT2D eigenvalue weighted by Crippen LogP contribution is -2.46. The molecule has 0 radical (unpaired) electrons. The fourth-order valence-electron chi connectivity index (χ4n) is 2.09. The first-order valence-electron chi connectivity index (χ1n) is 4.77. The third-order valence-electron chi connectivity index (χ3n) is 2.82. The molecule has 2 aliphatic rings. The summed E-state index contributed by atoms with van der Waals surface area (Å²) < 4.78 is 0. The van der Waals surface area contributed by atoms with E-state index in [0.717, 1.165) is 12.5 Å². The van der Waals surface area contributed by atoms with Gasteiger partial charge in [0.05, 0.1) is 0 Å². The van der Waals surface area contributed by atoms with Crippen LogP contribution in [0.15, 0.2) is 0 Å². The third-order valence-corrected chi connectivity index (χ3v) is 2.82. The predicted octanol–water partition coefficient (Wildman–Crippen LogP) is 0.263. The van der Waals surface area contributed by atoms with Gasteiger partial charge in [-0.25, -0.2) is 0 Å². The second kappa shape index (κ2) is 3.05. The van der Waals surface area contributed by atoms with Gasteiger partial charge in [0.1, 0.15) is 0 Å². The topological polar surface area (TPSA) is 41.1 Å². The molecule has 1 aliphatic carbocycles. The minimum Gasteiger partial charge on any atom is -0.354 e. The molecular weight excluding hydrogens is 152 g/mol. The normalized spacial score (nSPS) is 40.8. The van der Waals surface area contributed by atoms with Crippen LogP contribution in [0.5, 0.6) is 0 Å². The smallest absolute Gasteiger partial charge is 0.221 e. The number of nitrogens with one attached hydrogen (secondary N) is 2. The zero-order valence-electron chi connectivity index (χ0n) is 7.47. The molecule has 68 valence electrons. The second-order valence-corrected chi connectivity index (χ2v) is 4.15. The molecular formula is C9H16N2O. The molecule has 0 aromatic carbocycles. The standard InChI is InChI=1S/C9H16N2O/c1-6-2-7(3-6)11-8-4-9(12)10-5-8/h6-8,11H,2-5H2,1H3,(H,10,12). The number of hydrogen-bond acceptors (Lipinski definition) is 2. The van der Waals surface area contributed by atoms with Gasteiger partial charge in [0.2, 0.25) is 5.91 Å². The molecule has 0 aromatic heterocycles. The van der Waals surface area contributed by atoms with Crippen molar-refractivity contribution < 1.29 is 4.79 Å². The zero-order chi connectivity index (χ0) is 8.55. The fraction of sp³-hybridized carbons (Fsp3) is 0.889. The van der Waals surface area contributed by atoms with Crippen molar-refractivity contribution in [1.82, 2.24) is 10.6 Å². The summed E-state index contributed by atoms with van der Waals surface area (Å²) in [7, 11) is 0. The summed E-state index contributed by atoms with van der Waals surface area (Å²) in [4.78, 5) is 10.9. The molecule has 1 heterocycles. The summed E-state index contributed by atoms with van der Waals surface area (Å²) in [5.41, 5.74) is 0. The van der Waals surface area contributed by atoms with E-state index >= 15 is 0 Å². The fourth-order valence-corrected chi connectivity index (χ4v) is 2.09. The van der Waals surface area contributed by atoms with Crippen LogP contribution < -0.4 is 10.6 Å². The van der Waals surface area contributed by atoms with Crippen molar-refractivity contribution in [3.63, 3.8) is 0 Å². The molecule has 3 nitrogen and oxygen atoms in total. The molecule has 1 aliphatic heterocycles. The third kappa shape index (κ3) is 1.61. The van der Waals surface area contributed by atoms with E-state index in [1.54, 1.807) is 0 Å². The van der Waals surface area contributed by atoms with E-state index in [-0.39, 0.29) is 5.91 Å². The van der Waals surface area contributed by atoms with Crippen molar-refractivity contribution in [2.24, 2.45) is 5.92 Å². The van der Waals surface area contributed by atoms with Crippen molar-refractivity contribution in [3.05, 3.63) is 0 Å². The molecule has 1 amide bonds. The Labute approximate surface area is 72.9 Å². The maximum Gasteiger partial charge on any atom is 0.221 e. The second-order valence-electron chi connectivity index (χ2n) is 4.15. The summed E-state index contributed by atoms with van der Waals surface area (Å²) in [5.74, 6) is 1.08. The summed E-state index contributed by atoms with van der Waals surface area (Å²) >= 11 is 0. The van der Waals surface area contributed by atoms with Crippen LogP contribution in [0, 0.1) is 5.92 Å². The highest BCUT2D eigenvalue weighted by molar-refractivity contribution is 5.78. The van der Waals surface area contributed by atoms with Crippen molar-refractivity contribution in [1.29, 1.82) is 0 Å². The largest absolute Gasteiger partial charge is 0.354 e. The molecule has 3 heteroatoms. The van der Waals surface area contributed by atoms with E-state index in [0.29, 0.717) is 18.5 Å². The molecule has 2 rings (SSSR count). The van der Waals surface area contributed by atoms with E-state index < -0.39 is 0 Å². The van der Waals surface area contributed by atoms with Crippen molar-refractivity contribution >= 4 is 5.91 Å². The van der Waals surface area contributed by atoms with Crippen LogP contribution in [0.1, 0.15) is 26.2 Å². The maximum absolute atomic E-state index is 10.9. The number of hydrogen-bond donors (Lipinski definition) is 2. The van der Waals surface area contributed by atoms with E-state index in [9.17, 15) is 4.79 Å². The molecule has 0 aromatic rings. The summed E-state index contributed by atoms with van der Waals surface area (Å²) in [5, 5.41) is 6.33. The van der Waals surface area contributed by atoms with Crippen LogP contribution in [-0.2, 0) is 4.79 Å². The Morgan fingerprint density at radius 2 is 2.17 bits per heavy atom. The highest BCUT2D eigenvalue weighted by Crippen LogP contribution is 2.26. The zero-order valence-corrected chi connectivity index (χ0v) is 7.47. The van der Waals surface area contributed by atoms with Crippen molar-refractivity contribution in [2.75, 3.05) is 6.54 Å². The first-order chi connectivity index (χ1) is 5.74. The van der Waals surface area contributed by atoms with Gasteiger partial charge in [-0.3, -0.25) is 4.79 Å². The van der Waals surface area contributed by atoms with Crippen LogP contribution in [0.2, 0.25) is 0 Å². The summed E-state index contributed by atoms with van der Waals surface area (Å²) in [6.45, 7) is 3.10. The van der Waals surface area contributed by atoms with Crippen LogP contribution >= 0.6 is 0 Å². The lowest BCUT2D eigenvalue weighted by Gasteiger charge is -2.35. The Morgan fingerprint density at radius 1 is 1.42 bits per heavy atom. The molecule has 12 heavy (non-hydrogen) atoms. The average molecular weight is 168 g/mol. The van der Waals surface area contributed by atoms with Gasteiger partial charge in [-0.2, -0.15) is 0 Å². The van der Waals surface area contributed by atoms with E-state index in [2.05, 4.69) is 17.6 Å². The van der Waals surface area contributed by atoms with Gasteiger partial charge in [0.25, 0.3) is 0 Å². The first kappa shape index (κ1) is 8.05. The lowest BCUT2D eigenvalue weighted by molar-refractivity contribution is -0.119. The number of rotatable bonds is 2.